The van der Waals surface area contributed by atoms with Gasteiger partial charge < -0.3 is 14.8 Å². The van der Waals surface area contributed by atoms with E-state index in [1.165, 1.54) is 17.7 Å². The Hall–Kier alpha value is -1.50. The molecule has 1 aromatic rings. The molecule has 1 saturated carbocycles. The van der Waals surface area contributed by atoms with Crippen LogP contribution in [0.15, 0.2) is 24.3 Å². The summed E-state index contributed by atoms with van der Waals surface area (Å²) < 4.78 is 24.5. The number of ether oxygens (including phenoxy) is 2. The second-order valence-electron chi connectivity index (χ2n) is 8.17. The second-order valence-corrected chi connectivity index (χ2v) is 8.17. The fourth-order valence-corrected chi connectivity index (χ4v) is 4.64. The molecule has 1 spiro atoms. The molecule has 1 atom stereocenters. The first-order chi connectivity index (χ1) is 13.1. The van der Waals surface area contributed by atoms with Gasteiger partial charge in [0.2, 0.25) is 5.91 Å². The van der Waals surface area contributed by atoms with Gasteiger partial charge in [-0.1, -0.05) is 12.1 Å². The fourth-order valence-electron chi connectivity index (χ4n) is 4.64. The molecular weight excluding hydrogens is 347 g/mol. The lowest BCUT2D eigenvalue weighted by Crippen LogP contribution is -2.46. The van der Waals surface area contributed by atoms with Crippen LogP contribution >= 0.6 is 0 Å². The first-order valence-corrected chi connectivity index (χ1v) is 10.1. The summed E-state index contributed by atoms with van der Waals surface area (Å²) in [7, 11) is 0. The number of likely N-dealkylation sites (tertiary alicyclic amines) is 1. The van der Waals surface area contributed by atoms with E-state index in [-0.39, 0.29) is 23.6 Å². The number of halogens is 1. The average molecular weight is 376 g/mol. The Balaban J connectivity index is 1.17. The summed E-state index contributed by atoms with van der Waals surface area (Å²) in [5.74, 6) is 0.0910. The van der Waals surface area contributed by atoms with Crippen LogP contribution < -0.4 is 5.32 Å². The molecule has 2 saturated heterocycles. The van der Waals surface area contributed by atoms with Crippen LogP contribution in [0.1, 0.15) is 37.7 Å². The summed E-state index contributed by atoms with van der Waals surface area (Å²) in [6.45, 7) is 3.72. The predicted molar refractivity (Wildman–Crippen MR) is 99.7 cm³/mol. The van der Waals surface area contributed by atoms with Crippen molar-refractivity contribution >= 4 is 5.91 Å². The highest BCUT2D eigenvalue weighted by Gasteiger charge is 2.40. The predicted octanol–water partition coefficient (Wildman–Crippen LogP) is 2.49. The van der Waals surface area contributed by atoms with Crippen LogP contribution in [0.3, 0.4) is 0 Å². The fraction of sp³-hybridized carbons (Fsp3) is 0.667. The van der Waals surface area contributed by atoms with E-state index in [2.05, 4.69) is 10.2 Å². The van der Waals surface area contributed by atoms with E-state index in [9.17, 15) is 9.18 Å². The molecule has 1 amide bonds. The van der Waals surface area contributed by atoms with Gasteiger partial charge in [-0.15, -0.1) is 0 Å². The number of carbonyl (C=O) groups excluding carboxylic acids is 1. The molecule has 6 heteroatoms. The van der Waals surface area contributed by atoms with Crippen LogP contribution in [-0.4, -0.2) is 55.5 Å². The molecule has 3 fully saturated rings. The molecule has 0 bridgehead atoms. The van der Waals surface area contributed by atoms with Crippen LogP contribution in [0, 0.1) is 11.7 Å². The average Bonchev–Trinajstić information content (AvgIpc) is 3.29. The van der Waals surface area contributed by atoms with Gasteiger partial charge in [-0.3, -0.25) is 9.69 Å². The van der Waals surface area contributed by atoms with Gasteiger partial charge in [-0.25, -0.2) is 4.39 Å². The lowest BCUT2D eigenvalue weighted by atomic mass is 9.90. The maximum Gasteiger partial charge on any atom is 0.234 e. The quantitative estimate of drug-likeness (QED) is 0.858. The summed E-state index contributed by atoms with van der Waals surface area (Å²) in [5, 5.41) is 3.19. The lowest BCUT2D eigenvalue weighted by Gasteiger charge is -2.35. The van der Waals surface area contributed by atoms with Crippen LogP contribution in [0.4, 0.5) is 4.39 Å². The van der Waals surface area contributed by atoms with Crippen molar-refractivity contribution in [1.29, 1.82) is 0 Å². The largest absolute Gasteiger partial charge is 0.352 e. The molecule has 148 valence electrons. The van der Waals surface area contributed by atoms with Crippen molar-refractivity contribution in [2.45, 2.75) is 50.4 Å². The lowest BCUT2D eigenvalue weighted by molar-refractivity contribution is -0.180. The first kappa shape index (κ1) is 18.8. The van der Waals surface area contributed by atoms with Gasteiger partial charge in [0.25, 0.3) is 0 Å². The zero-order chi connectivity index (χ0) is 18.7. The zero-order valence-electron chi connectivity index (χ0n) is 15.8. The minimum absolute atomic E-state index is 0.117. The van der Waals surface area contributed by atoms with Crippen molar-refractivity contribution in [1.82, 2.24) is 10.2 Å². The molecule has 2 heterocycles. The number of nitrogens with one attached hydrogen (secondary N) is 1. The molecule has 4 rings (SSSR count). The van der Waals surface area contributed by atoms with E-state index in [0.29, 0.717) is 25.7 Å². The van der Waals surface area contributed by atoms with E-state index in [4.69, 9.17) is 9.47 Å². The SMILES string of the molecule is O=C(CN1CCC(Cc2ccc(F)cc2)C1)NC1CCC2(CC1)OCCO2. The Morgan fingerprint density at radius 2 is 1.85 bits per heavy atom. The molecule has 1 aromatic carbocycles. The van der Waals surface area contributed by atoms with E-state index in [1.54, 1.807) is 0 Å². The number of hydrogen-bond donors (Lipinski definition) is 1. The van der Waals surface area contributed by atoms with Gasteiger partial charge >= 0.3 is 0 Å². The summed E-state index contributed by atoms with van der Waals surface area (Å²) in [4.78, 5) is 14.7. The van der Waals surface area contributed by atoms with Gasteiger partial charge in [0, 0.05) is 25.4 Å². The van der Waals surface area contributed by atoms with E-state index >= 15 is 0 Å². The summed E-state index contributed by atoms with van der Waals surface area (Å²) in [6.07, 6.45) is 5.59. The van der Waals surface area contributed by atoms with Crippen molar-refractivity contribution in [3.63, 3.8) is 0 Å². The van der Waals surface area contributed by atoms with Gasteiger partial charge in [0.15, 0.2) is 5.79 Å². The third-order valence-electron chi connectivity index (χ3n) is 6.10. The molecule has 2 aliphatic heterocycles. The van der Waals surface area contributed by atoms with Crippen LogP contribution in [0.2, 0.25) is 0 Å². The number of hydrogen-bond acceptors (Lipinski definition) is 4. The molecule has 27 heavy (non-hydrogen) atoms. The van der Waals surface area contributed by atoms with Gasteiger partial charge in [0.05, 0.1) is 19.8 Å². The second kappa shape index (κ2) is 8.25. The van der Waals surface area contributed by atoms with E-state index < -0.39 is 0 Å². The molecule has 3 aliphatic rings. The Morgan fingerprint density at radius 1 is 1.15 bits per heavy atom. The molecule has 0 aromatic heterocycles. The van der Waals surface area contributed by atoms with Crippen molar-refractivity contribution in [2.75, 3.05) is 32.8 Å². The molecule has 1 N–H and O–H groups in total. The van der Waals surface area contributed by atoms with E-state index in [0.717, 1.165) is 51.6 Å². The number of nitrogens with zero attached hydrogens (tertiary/aromatic N) is 1. The minimum atomic E-state index is -0.371. The highest BCUT2D eigenvalue weighted by molar-refractivity contribution is 5.78. The Bertz CT molecular complexity index is 635. The van der Waals surface area contributed by atoms with Gasteiger partial charge in [0.1, 0.15) is 5.82 Å². The van der Waals surface area contributed by atoms with Crippen molar-refractivity contribution < 1.29 is 18.7 Å². The van der Waals surface area contributed by atoms with Gasteiger partial charge in [-0.05, 0) is 55.8 Å². The molecular formula is C21H29FN2O3. The third-order valence-corrected chi connectivity index (χ3v) is 6.10. The summed E-state index contributed by atoms with van der Waals surface area (Å²) in [5.41, 5.74) is 1.17. The maximum atomic E-state index is 13.0. The maximum absolute atomic E-state index is 13.0. The number of benzene rings is 1. The number of rotatable bonds is 5. The molecule has 5 nitrogen and oxygen atoms in total. The minimum Gasteiger partial charge on any atom is -0.352 e. The Labute approximate surface area is 160 Å². The monoisotopic (exact) mass is 376 g/mol. The number of amides is 1. The smallest absolute Gasteiger partial charge is 0.234 e. The van der Waals surface area contributed by atoms with Crippen LogP contribution in [0.5, 0.6) is 0 Å². The van der Waals surface area contributed by atoms with Crippen molar-refractivity contribution in [3.8, 4) is 0 Å². The van der Waals surface area contributed by atoms with Crippen molar-refractivity contribution in [2.24, 2.45) is 5.92 Å². The first-order valence-electron chi connectivity index (χ1n) is 10.1. The Morgan fingerprint density at radius 3 is 2.56 bits per heavy atom. The van der Waals surface area contributed by atoms with Crippen molar-refractivity contribution in [3.05, 3.63) is 35.6 Å². The highest BCUT2D eigenvalue weighted by Crippen LogP contribution is 2.35. The standard InChI is InChI=1S/C21H29FN2O3/c22-18-3-1-16(2-4-18)13-17-7-10-24(14-17)15-20(25)23-19-5-8-21(9-6-19)26-11-12-27-21/h1-4,17,19H,5-15H2,(H,23,25). The van der Waals surface area contributed by atoms with Gasteiger partial charge in [-0.2, -0.15) is 0 Å². The van der Waals surface area contributed by atoms with Crippen LogP contribution in [-0.2, 0) is 20.7 Å². The molecule has 1 aliphatic carbocycles. The topological polar surface area (TPSA) is 50.8 Å². The number of carbonyl (C=O) groups is 1. The zero-order valence-corrected chi connectivity index (χ0v) is 15.8. The normalized spacial score (nSPS) is 25.9. The third kappa shape index (κ3) is 4.86. The Kier molecular flexibility index (Phi) is 5.76. The van der Waals surface area contributed by atoms with Crippen LogP contribution in [0.25, 0.3) is 0 Å². The summed E-state index contributed by atoms with van der Waals surface area (Å²) in [6, 6.07) is 6.99. The molecule has 1 unspecified atom stereocenters. The van der Waals surface area contributed by atoms with E-state index in [1.807, 2.05) is 12.1 Å². The highest BCUT2D eigenvalue weighted by atomic mass is 19.1. The summed E-state index contributed by atoms with van der Waals surface area (Å²) >= 11 is 0. The molecule has 0 radical (unpaired) electrons.